The van der Waals surface area contributed by atoms with Gasteiger partial charge < -0.3 is 9.47 Å². The number of epoxide rings is 1. The van der Waals surface area contributed by atoms with E-state index in [9.17, 15) is 0 Å². The van der Waals surface area contributed by atoms with Gasteiger partial charge in [0.15, 0.2) is 0 Å². The third-order valence-corrected chi connectivity index (χ3v) is 3.64. The molecule has 3 rings (SSSR count). The number of hydrogen-bond donors (Lipinski definition) is 0. The predicted molar refractivity (Wildman–Crippen MR) is 58.0 cm³/mol. The number of fused-ring (bicyclic) bond motifs is 1. The minimum atomic E-state index is 0.0484. The number of benzene rings is 1. The average Bonchev–Trinajstić information content (AvgIpc) is 3.05. The number of methoxy groups -OCH3 is 1. The van der Waals surface area contributed by atoms with Gasteiger partial charge in [-0.25, -0.2) is 0 Å². The molecule has 1 unspecified atom stereocenters. The minimum absolute atomic E-state index is 0.0484. The molecular weight excluding hydrogens is 188 g/mol. The Morgan fingerprint density at radius 2 is 2.33 bits per heavy atom. The first-order chi connectivity index (χ1) is 7.35. The molecule has 15 heavy (non-hydrogen) atoms. The molecule has 1 aliphatic heterocycles. The Labute approximate surface area is 90.2 Å². The Kier molecular flexibility index (Phi) is 1.99. The van der Waals surface area contributed by atoms with Gasteiger partial charge in [0.2, 0.25) is 0 Å². The monoisotopic (exact) mass is 204 g/mol. The van der Waals surface area contributed by atoms with Crippen molar-refractivity contribution in [1.82, 2.24) is 0 Å². The summed E-state index contributed by atoms with van der Waals surface area (Å²) in [6.07, 6.45) is 5.46. The second kappa shape index (κ2) is 3.24. The Hall–Kier alpha value is -1.02. The number of hydrogen-bond acceptors (Lipinski definition) is 2. The first-order valence-corrected chi connectivity index (χ1v) is 5.67. The lowest BCUT2D eigenvalue weighted by molar-refractivity contribution is 0.288. The highest BCUT2D eigenvalue weighted by Crippen LogP contribution is 2.55. The Morgan fingerprint density at radius 3 is 3.13 bits per heavy atom. The van der Waals surface area contributed by atoms with E-state index in [-0.39, 0.29) is 5.60 Å². The summed E-state index contributed by atoms with van der Waals surface area (Å²) in [7, 11) is 1.71. The third-order valence-electron chi connectivity index (χ3n) is 3.64. The van der Waals surface area contributed by atoms with Crippen LogP contribution in [0.25, 0.3) is 0 Å². The third kappa shape index (κ3) is 1.36. The van der Waals surface area contributed by atoms with Crippen molar-refractivity contribution in [3.8, 4) is 5.75 Å². The van der Waals surface area contributed by atoms with Crippen LogP contribution in [0.1, 0.15) is 31.2 Å². The maximum absolute atomic E-state index is 5.90. The predicted octanol–water partition coefficient (Wildman–Crippen LogP) is 2.86. The van der Waals surface area contributed by atoms with E-state index in [1.165, 1.54) is 31.2 Å². The van der Waals surface area contributed by atoms with Gasteiger partial charge in [0.05, 0.1) is 13.2 Å². The van der Waals surface area contributed by atoms with Crippen LogP contribution in [0.5, 0.6) is 5.75 Å². The van der Waals surface area contributed by atoms with Gasteiger partial charge in [0.25, 0.3) is 0 Å². The van der Waals surface area contributed by atoms with Crippen LogP contribution in [-0.2, 0) is 10.3 Å². The van der Waals surface area contributed by atoms with Gasteiger partial charge in [-0.2, -0.15) is 0 Å². The normalized spacial score (nSPS) is 33.3. The van der Waals surface area contributed by atoms with Crippen molar-refractivity contribution in [1.29, 1.82) is 0 Å². The molecule has 1 saturated heterocycles. The van der Waals surface area contributed by atoms with E-state index in [0.29, 0.717) is 6.10 Å². The highest BCUT2D eigenvalue weighted by atomic mass is 16.6. The Morgan fingerprint density at radius 1 is 1.40 bits per heavy atom. The first kappa shape index (κ1) is 9.22. The summed E-state index contributed by atoms with van der Waals surface area (Å²) in [5, 5.41) is 0. The summed E-state index contributed by atoms with van der Waals surface area (Å²) in [4.78, 5) is 0. The molecule has 2 heteroatoms. The summed E-state index contributed by atoms with van der Waals surface area (Å²) in [5.41, 5.74) is 1.35. The molecule has 2 aliphatic rings. The van der Waals surface area contributed by atoms with Crippen LogP contribution in [0.3, 0.4) is 0 Å². The van der Waals surface area contributed by atoms with Crippen molar-refractivity contribution >= 4 is 0 Å². The highest BCUT2D eigenvalue weighted by molar-refractivity contribution is 5.36. The summed E-state index contributed by atoms with van der Waals surface area (Å²) in [5.74, 6) is 0.932. The second-order valence-corrected chi connectivity index (χ2v) is 4.47. The molecule has 1 aromatic rings. The lowest BCUT2D eigenvalue weighted by atomic mass is 9.84. The fraction of sp³-hybridized carbons (Fsp3) is 0.538. The first-order valence-electron chi connectivity index (χ1n) is 5.67. The number of rotatable bonds is 2. The van der Waals surface area contributed by atoms with Crippen molar-refractivity contribution in [3.05, 3.63) is 29.8 Å². The van der Waals surface area contributed by atoms with Crippen molar-refractivity contribution < 1.29 is 9.47 Å². The van der Waals surface area contributed by atoms with Gasteiger partial charge >= 0.3 is 0 Å². The molecule has 0 aromatic heterocycles. The van der Waals surface area contributed by atoms with Gasteiger partial charge in [0.1, 0.15) is 11.4 Å². The van der Waals surface area contributed by atoms with Crippen LogP contribution >= 0.6 is 0 Å². The summed E-state index contributed by atoms with van der Waals surface area (Å²) >= 11 is 0. The topological polar surface area (TPSA) is 21.8 Å². The number of ether oxygens (including phenoxy) is 2. The lowest BCUT2D eigenvalue weighted by Crippen LogP contribution is -2.16. The zero-order chi connectivity index (χ0) is 10.3. The molecule has 2 nitrogen and oxygen atoms in total. The largest absolute Gasteiger partial charge is 0.497 e. The Bertz CT molecular complexity index is 375. The molecule has 0 N–H and O–H groups in total. The quantitative estimate of drug-likeness (QED) is 0.691. The molecule has 1 heterocycles. The molecular formula is C13H16O2. The van der Waals surface area contributed by atoms with Gasteiger partial charge in [-0.05, 0) is 30.5 Å². The van der Waals surface area contributed by atoms with Crippen molar-refractivity contribution in [2.45, 2.75) is 37.4 Å². The van der Waals surface area contributed by atoms with E-state index in [2.05, 4.69) is 18.2 Å². The molecule has 0 bridgehead atoms. The van der Waals surface area contributed by atoms with Crippen LogP contribution < -0.4 is 4.74 Å². The second-order valence-electron chi connectivity index (χ2n) is 4.47. The van der Waals surface area contributed by atoms with E-state index in [1.807, 2.05) is 6.07 Å². The maximum Gasteiger partial charge on any atom is 0.120 e. The van der Waals surface area contributed by atoms with Crippen LogP contribution in [0.15, 0.2) is 24.3 Å². The van der Waals surface area contributed by atoms with Gasteiger partial charge in [-0.15, -0.1) is 0 Å². The zero-order valence-corrected chi connectivity index (χ0v) is 9.03. The lowest BCUT2D eigenvalue weighted by Gasteiger charge is -2.17. The van der Waals surface area contributed by atoms with Crippen LogP contribution in [0.4, 0.5) is 0 Å². The van der Waals surface area contributed by atoms with Crippen LogP contribution in [0, 0.1) is 0 Å². The van der Waals surface area contributed by atoms with Gasteiger partial charge in [-0.1, -0.05) is 25.0 Å². The van der Waals surface area contributed by atoms with Crippen molar-refractivity contribution in [2.24, 2.45) is 0 Å². The summed E-state index contributed by atoms with van der Waals surface area (Å²) < 4.78 is 11.1. The summed E-state index contributed by atoms with van der Waals surface area (Å²) in [6, 6.07) is 8.32. The van der Waals surface area contributed by atoms with E-state index in [1.54, 1.807) is 7.11 Å². The molecule has 1 aliphatic carbocycles. The summed E-state index contributed by atoms with van der Waals surface area (Å²) in [6.45, 7) is 0. The molecule has 80 valence electrons. The van der Waals surface area contributed by atoms with Crippen molar-refractivity contribution in [2.75, 3.05) is 7.11 Å². The fourth-order valence-corrected chi connectivity index (χ4v) is 2.73. The molecule has 1 saturated carbocycles. The minimum Gasteiger partial charge on any atom is -0.497 e. The maximum atomic E-state index is 5.90. The molecule has 2 atom stereocenters. The molecule has 1 aromatic carbocycles. The zero-order valence-electron chi connectivity index (χ0n) is 9.03. The molecule has 0 radical (unpaired) electrons. The highest BCUT2D eigenvalue weighted by Gasteiger charge is 2.58. The van der Waals surface area contributed by atoms with Gasteiger partial charge in [0, 0.05) is 0 Å². The SMILES string of the molecule is COc1cccc([C@@]23CCCCC2O3)c1. The molecule has 2 fully saturated rings. The smallest absolute Gasteiger partial charge is 0.120 e. The molecule has 0 spiro atoms. The van der Waals surface area contributed by atoms with E-state index in [4.69, 9.17) is 9.47 Å². The standard InChI is InChI=1S/C13H16O2/c1-14-11-6-4-5-10(9-11)13-8-3-2-7-12(13)15-13/h4-6,9,12H,2-3,7-8H2,1H3/t12?,13-/m0/s1. The van der Waals surface area contributed by atoms with Crippen molar-refractivity contribution in [3.63, 3.8) is 0 Å². The van der Waals surface area contributed by atoms with Gasteiger partial charge in [-0.3, -0.25) is 0 Å². The molecule has 0 amide bonds. The van der Waals surface area contributed by atoms with Crippen LogP contribution in [-0.4, -0.2) is 13.2 Å². The van der Waals surface area contributed by atoms with E-state index < -0.39 is 0 Å². The van der Waals surface area contributed by atoms with E-state index >= 15 is 0 Å². The van der Waals surface area contributed by atoms with E-state index in [0.717, 1.165) is 5.75 Å². The Balaban J connectivity index is 1.92. The fourth-order valence-electron chi connectivity index (χ4n) is 2.73. The van der Waals surface area contributed by atoms with Crippen LogP contribution in [0.2, 0.25) is 0 Å². The average molecular weight is 204 g/mol.